The highest BCUT2D eigenvalue weighted by molar-refractivity contribution is 6.30. The number of rotatable bonds is 4. The topological polar surface area (TPSA) is 55.1 Å². The van der Waals surface area contributed by atoms with Crippen LogP contribution in [0.4, 0.5) is 5.69 Å². The molecule has 0 bridgehead atoms. The van der Waals surface area contributed by atoms with Crippen LogP contribution in [0.25, 0.3) is 0 Å². The Morgan fingerprint density at radius 2 is 1.90 bits per heavy atom. The molecular formula is C16H17ClN2O. The Hall–Kier alpha value is -2.00. The zero-order valence-corrected chi connectivity index (χ0v) is 12.1. The number of hydrogen-bond acceptors (Lipinski definition) is 2. The summed E-state index contributed by atoms with van der Waals surface area (Å²) in [6, 6.07) is 13.0. The van der Waals surface area contributed by atoms with Crippen LogP contribution in [0, 0.1) is 6.92 Å². The fraction of sp³-hybridized carbons (Fsp3) is 0.188. The lowest BCUT2D eigenvalue weighted by Crippen LogP contribution is -2.26. The molecule has 0 aliphatic rings. The van der Waals surface area contributed by atoms with Gasteiger partial charge in [0.25, 0.3) is 5.91 Å². The van der Waals surface area contributed by atoms with Crippen molar-refractivity contribution in [3.63, 3.8) is 0 Å². The fourth-order valence-electron chi connectivity index (χ4n) is 1.93. The average Bonchev–Trinajstić information content (AvgIpc) is 2.43. The van der Waals surface area contributed by atoms with Crippen molar-refractivity contribution in [2.75, 3.05) is 12.3 Å². The first-order chi connectivity index (χ1) is 9.56. The second-order valence-electron chi connectivity index (χ2n) is 4.72. The van der Waals surface area contributed by atoms with Gasteiger partial charge in [0.1, 0.15) is 0 Å². The first kappa shape index (κ1) is 14.4. The Morgan fingerprint density at radius 3 is 2.60 bits per heavy atom. The molecule has 0 spiro atoms. The van der Waals surface area contributed by atoms with Gasteiger partial charge in [-0.2, -0.15) is 0 Å². The highest BCUT2D eigenvalue weighted by Gasteiger charge is 2.09. The summed E-state index contributed by atoms with van der Waals surface area (Å²) in [4.78, 5) is 12.0. The van der Waals surface area contributed by atoms with Crippen molar-refractivity contribution in [2.24, 2.45) is 0 Å². The van der Waals surface area contributed by atoms with E-state index in [2.05, 4.69) is 5.32 Å². The van der Waals surface area contributed by atoms with Crippen molar-refractivity contribution in [3.8, 4) is 0 Å². The van der Waals surface area contributed by atoms with Crippen LogP contribution in [0.5, 0.6) is 0 Å². The molecule has 1 amide bonds. The minimum atomic E-state index is -0.139. The van der Waals surface area contributed by atoms with Gasteiger partial charge in [0.2, 0.25) is 0 Å². The molecule has 0 fully saturated rings. The normalized spacial score (nSPS) is 10.3. The highest BCUT2D eigenvalue weighted by atomic mass is 35.5. The molecule has 0 saturated heterocycles. The van der Waals surface area contributed by atoms with Crippen LogP contribution < -0.4 is 11.1 Å². The lowest BCUT2D eigenvalue weighted by Gasteiger charge is -2.08. The van der Waals surface area contributed by atoms with Crippen molar-refractivity contribution in [1.29, 1.82) is 0 Å². The summed E-state index contributed by atoms with van der Waals surface area (Å²) < 4.78 is 0. The molecule has 20 heavy (non-hydrogen) atoms. The molecule has 2 aromatic carbocycles. The van der Waals surface area contributed by atoms with E-state index >= 15 is 0 Å². The van der Waals surface area contributed by atoms with Crippen LogP contribution in [0.3, 0.4) is 0 Å². The van der Waals surface area contributed by atoms with Crippen molar-refractivity contribution >= 4 is 23.2 Å². The number of hydrogen-bond donors (Lipinski definition) is 2. The van der Waals surface area contributed by atoms with E-state index in [1.165, 1.54) is 0 Å². The summed E-state index contributed by atoms with van der Waals surface area (Å²) >= 11 is 5.82. The number of nitrogen functional groups attached to an aromatic ring is 1. The number of amides is 1. The van der Waals surface area contributed by atoms with Gasteiger partial charge in [-0.05, 0) is 43.2 Å². The summed E-state index contributed by atoms with van der Waals surface area (Å²) in [6.45, 7) is 2.50. The Bertz CT molecular complexity index is 608. The molecule has 104 valence electrons. The van der Waals surface area contributed by atoms with Crippen molar-refractivity contribution in [2.45, 2.75) is 13.3 Å². The first-order valence-electron chi connectivity index (χ1n) is 6.45. The molecular weight excluding hydrogens is 272 g/mol. The number of carbonyl (C=O) groups is 1. The number of carbonyl (C=O) groups excluding carboxylic acids is 1. The van der Waals surface area contributed by atoms with E-state index in [0.29, 0.717) is 22.8 Å². The predicted octanol–water partition coefficient (Wildman–Crippen LogP) is 3.20. The molecule has 0 aliphatic heterocycles. The number of nitrogens with one attached hydrogen (secondary N) is 1. The lowest BCUT2D eigenvalue weighted by atomic mass is 10.1. The predicted molar refractivity (Wildman–Crippen MR) is 83.1 cm³/mol. The van der Waals surface area contributed by atoms with E-state index in [4.69, 9.17) is 17.3 Å². The maximum atomic E-state index is 12.0. The zero-order valence-electron chi connectivity index (χ0n) is 11.3. The summed E-state index contributed by atoms with van der Waals surface area (Å²) in [5.41, 5.74) is 8.99. The minimum Gasteiger partial charge on any atom is -0.398 e. The zero-order chi connectivity index (χ0) is 14.5. The summed E-state index contributed by atoms with van der Waals surface area (Å²) in [7, 11) is 0. The maximum absolute atomic E-state index is 12.0. The van der Waals surface area contributed by atoms with Crippen LogP contribution in [0.2, 0.25) is 5.02 Å². The van der Waals surface area contributed by atoms with Crippen molar-refractivity contribution in [1.82, 2.24) is 5.32 Å². The second kappa shape index (κ2) is 6.44. The van der Waals surface area contributed by atoms with Gasteiger partial charge in [0.15, 0.2) is 0 Å². The van der Waals surface area contributed by atoms with Crippen molar-refractivity contribution in [3.05, 3.63) is 64.2 Å². The van der Waals surface area contributed by atoms with Gasteiger partial charge in [-0.3, -0.25) is 4.79 Å². The van der Waals surface area contributed by atoms with Gasteiger partial charge < -0.3 is 11.1 Å². The molecule has 2 rings (SSSR count). The molecule has 0 saturated carbocycles. The molecule has 0 atom stereocenters. The van der Waals surface area contributed by atoms with Gasteiger partial charge in [-0.15, -0.1) is 0 Å². The molecule has 0 radical (unpaired) electrons. The van der Waals surface area contributed by atoms with Crippen LogP contribution in [-0.4, -0.2) is 12.5 Å². The average molecular weight is 289 g/mol. The number of nitrogens with two attached hydrogens (primary N) is 1. The summed E-state index contributed by atoms with van der Waals surface area (Å²) in [5.74, 6) is -0.139. The van der Waals surface area contributed by atoms with E-state index in [-0.39, 0.29) is 5.91 Å². The Balaban J connectivity index is 1.92. The van der Waals surface area contributed by atoms with Gasteiger partial charge in [-0.25, -0.2) is 0 Å². The van der Waals surface area contributed by atoms with E-state index in [1.807, 2.05) is 37.3 Å². The Labute approximate surface area is 123 Å². The molecule has 3 N–H and O–H groups in total. The van der Waals surface area contributed by atoms with Gasteiger partial charge in [0, 0.05) is 17.3 Å². The largest absolute Gasteiger partial charge is 0.398 e. The van der Waals surface area contributed by atoms with E-state index in [9.17, 15) is 4.79 Å². The fourth-order valence-corrected chi connectivity index (χ4v) is 2.06. The number of benzene rings is 2. The second-order valence-corrected chi connectivity index (χ2v) is 5.16. The van der Waals surface area contributed by atoms with Gasteiger partial charge in [-0.1, -0.05) is 35.4 Å². The molecule has 0 heterocycles. The van der Waals surface area contributed by atoms with Crippen LogP contribution in [-0.2, 0) is 6.42 Å². The molecule has 3 nitrogen and oxygen atoms in total. The van der Waals surface area contributed by atoms with Crippen LogP contribution in [0.1, 0.15) is 21.5 Å². The Kier molecular flexibility index (Phi) is 4.64. The van der Waals surface area contributed by atoms with Gasteiger partial charge in [0.05, 0.1) is 5.56 Å². The lowest BCUT2D eigenvalue weighted by molar-refractivity contribution is 0.0955. The third kappa shape index (κ3) is 3.75. The van der Waals surface area contributed by atoms with Crippen LogP contribution >= 0.6 is 11.6 Å². The minimum absolute atomic E-state index is 0.139. The third-order valence-electron chi connectivity index (χ3n) is 3.07. The molecule has 2 aromatic rings. The quantitative estimate of drug-likeness (QED) is 0.849. The molecule has 0 aromatic heterocycles. The van der Waals surface area contributed by atoms with Gasteiger partial charge >= 0.3 is 0 Å². The van der Waals surface area contributed by atoms with Crippen molar-refractivity contribution < 1.29 is 4.79 Å². The molecule has 4 heteroatoms. The molecule has 0 aliphatic carbocycles. The van der Waals surface area contributed by atoms with Crippen LogP contribution in [0.15, 0.2) is 42.5 Å². The maximum Gasteiger partial charge on any atom is 0.253 e. The first-order valence-corrected chi connectivity index (χ1v) is 6.83. The van der Waals surface area contributed by atoms with E-state index in [1.54, 1.807) is 12.1 Å². The third-order valence-corrected chi connectivity index (χ3v) is 3.32. The SMILES string of the molecule is Cc1ccc(N)c(C(=O)NCCc2ccc(Cl)cc2)c1. The standard InChI is InChI=1S/C16H17ClN2O/c1-11-2-7-15(18)14(10-11)16(20)19-9-8-12-3-5-13(17)6-4-12/h2-7,10H,8-9,18H2,1H3,(H,19,20). The monoisotopic (exact) mass is 288 g/mol. The summed E-state index contributed by atoms with van der Waals surface area (Å²) in [6.07, 6.45) is 0.759. The number of aryl methyl sites for hydroxylation is 1. The highest BCUT2D eigenvalue weighted by Crippen LogP contribution is 2.13. The smallest absolute Gasteiger partial charge is 0.253 e. The molecule has 0 unspecified atom stereocenters. The Morgan fingerprint density at radius 1 is 1.20 bits per heavy atom. The van der Waals surface area contributed by atoms with E-state index < -0.39 is 0 Å². The number of halogens is 1. The summed E-state index contributed by atoms with van der Waals surface area (Å²) in [5, 5.41) is 3.59. The number of anilines is 1. The van der Waals surface area contributed by atoms with E-state index in [0.717, 1.165) is 17.5 Å².